The van der Waals surface area contributed by atoms with E-state index in [2.05, 4.69) is 21.2 Å². The van der Waals surface area contributed by atoms with Gasteiger partial charge in [-0.25, -0.2) is 9.37 Å². The maximum atomic E-state index is 13.9. The fraction of sp³-hybridized carbons (Fsp3) is 0.303. The van der Waals surface area contributed by atoms with E-state index in [1.807, 2.05) is 86.6 Å². The third-order valence-corrected chi connectivity index (χ3v) is 7.52. The first-order valence-corrected chi connectivity index (χ1v) is 14.5. The molecule has 0 spiro atoms. The Bertz CT molecular complexity index is 1510. The summed E-state index contributed by atoms with van der Waals surface area (Å²) in [5.74, 6) is -0.485. The lowest BCUT2D eigenvalue weighted by Crippen LogP contribution is -2.30. The molecule has 0 aliphatic rings. The summed E-state index contributed by atoms with van der Waals surface area (Å²) in [5, 5.41) is 3.83. The molecule has 1 aromatic heterocycles. The number of amides is 1. The van der Waals surface area contributed by atoms with E-state index in [1.54, 1.807) is 7.11 Å². The van der Waals surface area contributed by atoms with Gasteiger partial charge in [-0.15, -0.1) is 0 Å². The standard InChI is InChI=1S/C33H34BrFN2O4/c1-4-10-29(35)41-30(38)18-15-23(25-13-8-9-14-28(25)40-3)20-36-33(39)31-21(2)32(22-11-6-5-7-12-22)37-27-17-16-24(34)19-26(27)31/h5-9,11-14,16-17,19,23,29H,4,10,15,18,20H2,1-3H3,(H,36,39). The van der Waals surface area contributed by atoms with E-state index in [-0.39, 0.29) is 31.2 Å². The average Bonchev–Trinajstić information content (AvgIpc) is 2.97. The molecule has 2 unspecified atom stereocenters. The van der Waals surface area contributed by atoms with Gasteiger partial charge in [-0.1, -0.05) is 71.4 Å². The van der Waals surface area contributed by atoms with E-state index in [0.29, 0.717) is 29.7 Å². The molecule has 1 amide bonds. The lowest BCUT2D eigenvalue weighted by molar-refractivity contribution is -0.158. The van der Waals surface area contributed by atoms with Crippen molar-refractivity contribution in [1.82, 2.24) is 10.3 Å². The molecule has 41 heavy (non-hydrogen) atoms. The van der Waals surface area contributed by atoms with E-state index in [4.69, 9.17) is 14.5 Å². The molecular formula is C33H34BrFN2O4. The van der Waals surface area contributed by atoms with Crippen LogP contribution in [-0.4, -0.2) is 36.9 Å². The highest BCUT2D eigenvalue weighted by atomic mass is 79.9. The second-order valence-electron chi connectivity index (χ2n) is 9.86. The molecule has 214 valence electrons. The number of carbonyl (C=O) groups excluding carboxylic acids is 2. The van der Waals surface area contributed by atoms with Crippen LogP contribution in [0.2, 0.25) is 0 Å². The van der Waals surface area contributed by atoms with Gasteiger partial charge < -0.3 is 14.8 Å². The number of carbonyl (C=O) groups is 2. The number of pyridine rings is 1. The maximum absolute atomic E-state index is 13.9. The van der Waals surface area contributed by atoms with Crippen molar-refractivity contribution in [3.05, 3.63) is 94.0 Å². The molecule has 0 saturated carbocycles. The second-order valence-corrected chi connectivity index (χ2v) is 10.8. The Morgan fingerprint density at radius 2 is 1.76 bits per heavy atom. The Morgan fingerprint density at radius 1 is 1.02 bits per heavy atom. The summed E-state index contributed by atoms with van der Waals surface area (Å²) < 4.78 is 25.2. The van der Waals surface area contributed by atoms with E-state index < -0.39 is 12.3 Å². The Hall–Kier alpha value is -3.78. The molecular weight excluding hydrogens is 587 g/mol. The molecule has 0 aliphatic carbocycles. The molecule has 0 bridgehead atoms. The number of alkyl halides is 1. The van der Waals surface area contributed by atoms with Gasteiger partial charge in [0.1, 0.15) is 5.75 Å². The fourth-order valence-corrected chi connectivity index (χ4v) is 5.32. The molecule has 1 N–H and O–H groups in total. The van der Waals surface area contributed by atoms with Crippen LogP contribution in [0.25, 0.3) is 22.2 Å². The van der Waals surface area contributed by atoms with Gasteiger partial charge in [0.05, 0.1) is 23.9 Å². The number of benzene rings is 3. The van der Waals surface area contributed by atoms with Crippen LogP contribution in [0.1, 0.15) is 60.0 Å². The lowest BCUT2D eigenvalue weighted by atomic mass is 9.92. The largest absolute Gasteiger partial charge is 0.496 e. The van der Waals surface area contributed by atoms with Gasteiger partial charge in [0.25, 0.3) is 5.91 Å². The zero-order chi connectivity index (χ0) is 29.4. The van der Waals surface area contributed by atoms with Crippen LogP contribution in [0.3, 0.4) is 0 Å². The maximum Gasteiger partial charge on any atom is 0.308 e. The number of para-hydroxylation sites is 1. The predicted octanol–water partition coefficient (Wildman–Crippen LogP) is 7.91. The van der Waals surface area contributed by atoms with Gasteiger partial charge in [0, 0.05) is 40.7 Å². The predicted molar refractivity (Wildman–Crippen MR) is 163 cm³/mol. The molecule has 4 rings (SSSR count). The number of ether oxygens (including phenoxy) is 2. The number of methoxy groups -OCH3 is 1. The molecule has 0 radical (unpaired) electrons. The zero-order valence-corrected chi connectivity index (χ0v) is 25.0. The molecule has 0 aliphatic heterocycles. The summed E-state index contributed by atoms with van der Waals surface area (Å²) in [6.07, 6.45) is -0.521. The summed E-state index contributed by atoms with van der Waals surface area (Å²) in [4.78, 5) is 31.2. The molecule has 6 nitrogen and oxygen atoms in total. The minimum Gasteiger partial charge on any atom is -0.496 e. The Kier molecular flexibility index (Phi) is 10.5. The average molecular weight is 622 g/mol. The SMILES string of the molecule is CCCC(F)OC(=O)CCC(CNC(=O)c1c(C)c(-c2ccccc2)nc2ccc(Br)cc12)c1ccccc1OC. The van der Waals surface area contributed by atoms with Crippen molar-refractivity contribution < 1.29 is 23.5 Å². The first-order chi connectivity index (χ1) is 19.8. The Labute approximate surface area is 248 Å². The molecule has 4 aromatic rings. The summed E-state index contributed by atoms with van der Waals surface area (Å²) in [7, 11) is 1.58. The summed E-state index contributed by atoms with van der Waals surface area (Å²) in [6.45, 7) is 3.97. The van der Waals surface area contributed by atoms with E-state index >= 15 is 0 Å². The van der Waals surface area contributed by atoms with Crippen LogP contribution >= 0.6 is 15.9 Å². The smallest absolute Gasteiger partial charge is 0.308 e. The van der Waals surface area contributed by atoms with Crippen molar-refractivity contribution in [3.8, 4) is 17.0 Å². The molecule has 2 atom stereocenters. The number of aromatic nitrogens is 1. The van der Waals surface area contributed by atoms with Crippen LogP contribution < -0.4 is 10.1 Å². The van der Waals surface area contributed by atoms with Crippen molar-refractivity contribution in [1.29, 1.82) is 0 Å². The third kappa shape index (κ3) is 7.50. The fourth-order valence-electron chi connectivity index (χ4n) is 4.96. The summed E-state index contributed by atoms with van der Waals surface area (Å²) in [6, 6.07) is 23.0. The van der Waals surface area contributed by atoms with Crippen LogP contribution in [-0.2, 0) is 9.53 Å². The second kappa shape index (κ2) is 14.2. The van der Waals surface area contributed by atoms with Crippen LogP contribution in [0.4, 0.5) is 4.39 Å². The minimum absolute atomic E-state index is 0.00500. The first kappa shape index (κ1) is 30.2. The topological polar surface area (TPSA) is 77.5 Å². The van der Waals surface area contributed by atoms with Crippen molar-refractivity contribution >= 4 is 38.7 Å². The highest BCUT2D eigenvalue weighted by Crippen LogP contribution is 2.33. The number of nitrogens with one attached hydrogen (secondary N) is 1. The van der Waals surface area contributed by atoms with E-state index in [9.17, 15) is 14.0 Å². The molecule has 0 fully saturated rings. The van der Waals surface area contributed by atoms with Gasteiger partial charge in [-0.05, 0) is 55.2 Å². The number of halogens is 2. The number of hydrogen-bond donors (Lipinski definition) is 1. The van der Waals surface area contributed by atoms with Crippen molar-refractivity contribution in [3.63, 3.8) is 0 Å². The summed E-state index contributed by atoms with van der Waals surface area (Å²) >= 11 is 3.53. The van der Waals surface area contributed by atoms with E-state index in [0.717, 1.165) is 32.2 Å². The lowest BCUT2D eigenvalue weighted by Gasteiger charge is -2.21. The van der Waals surface area contributed by atoms with Gasteiger partial charge in [-0.2, -0.15) is 0 Å². The van der Waals surface area contributed by atoms with Crippen LogP contribution in [0.15, 0.2) is 77.3 Å². The van der Waals surface area contributed by atoms with Gasteiger partial charge in [0.15, 0.2) is 0 Å². The number of fused-ring (bicyclic) bond motifs is 1. The highest BCUT2D eigenvalue weighted by molar-refractivity contribution is 9.10. The van der Waals surface area contributed by atoms with Crippen LogP contribution in [0.5, 0.6) is 5.75 Å². The van der Waals surface area contributed by atoms with Crippen molar-refractivity contribution in [2.24, 2.45) is 0 Å². The number of rotatable bonds is 12. The van der Waals surface area contributed by atoms with Gasteiger partial charge >= 0.3 is 5.97 Å². The quantitative estimate of drug-likeness (QED) is 0.163. The molecule has 1 heterocycles. The van der Waals surface area contributed by atoms with Gasteiger partial charge in [-0.3, -0.25) is 9.59 Å². The van der Waals surface area contributed by atoms with Crippen LogP contribution in [0, 0.1) is 6.92 Å². The number of hydrogen-bond acceptors (Lipinski definition) is 5. The van der Waals surface area contributed by atoms with E-state index in [1.165, 1.54) is 0 Å². The molecule has 3 aromatic carbocycles. The third-order valence-electron chi connectivity index (χ3n) is 7.02. The molecule has 0 saturated heterocycles. The normalized spacial score (nSPS) is 12.5. The summed E-state index contributed by atoms with van der Waals surface area (Å²) in [5.41, 5.74) is 4.51. The van der Waals surface area contributed by atoms with Gasteiger partial charge in [0.2, 0.25) is 6.36 Å². The van der Waals surface area contributed by atoms with Crippen molar-refractivity contribution in [2.75, 3.05) is 13.7 Å². The molecule has 8 heteroatoms. The Morgan fingerprint density at radius 3 is 2.49 bits per heavy atom. The monoisotopic (exact) mass is 620 g/mol. The number of esters is 1. The number of nitrogens with zero attached hydrogens (tertiary/aromatic N) is 1. The minimum atomic E-state index is -1.61. The van der Waals surface area contributed by atoms with Crippen molar-refractivity contribution in [2.45, 2.75) is 51.8 Å². The zero-order valence-electron chi connectivity index (χ0n) is 23.5. The highest BCUT2D eigenvalue weighted by Gasteiger charge is 2.23. The Balaban J connectivity index is 1.64. The first-order valence-electron chi connectivity index (χ1n) is 13.7.